The quantitative estimate of drug-likeness (QED) is 0.373. The van der Waals surface area contributed by atoms with E-state index >= 15 is 0 Å². The summed E-state index contributed by atoms with van der Waals surface area (Å²) in [7, 11) is -6.45. The number of likely N-dealkylation sites (N-methyl/N-ethyl adjacent to an activating group) is 1. The zero-order chi connectivity index (χ0) is 30.1. The van der Waals surface area contributed by atoms with Crippen LogP contribution in [0.3, 0.4) is 0 Å². The number of rotatable bonds is 9. The Balaban J connectivity index is 1.70. The number of benzene rings is 2. The topological polar surface area (TPSA) is 159 Å². The van der Waals surface area contributed by atoms with Gasteiger partial charge in [0.1, 0.15) is 17.5 Å². The van der Waals surface area contributed by atoms with Crippen molar-refractivity contribution in [3.63, 3.8) is 0 Å². The van der Waals surface area contributed by atoms with Gasteiger partial charge in [-0.15, -0.1) is 0 Å². The monoisotopic (exact) mass is 606 g/mol. The van der Waals surface area contributed by atoms with Crippen LogP contribution in [0.2, 0.25) is 0 Å². The molecule has 0 aliphatic carbocycles. The van der Waals surface area contributed by atoms with Gasteiger partial charge in [-0.1, -0.05) is 30.3 Å². The number of fused-ring (bicyclic) bond motifs is 1. The Labute approximate surface area is 240 Å². The van der Waals surface area contributed by atoms with Gasteiger partial charge in [-0.2, -0.15) is 4.31 Å². The molecule has 14 heteroatoms. The molecular formula is C27H34N4O8S2. The number of aliphatic hydroxyl groups excluding tert-OH is 1. The minimum absolute atomic E-state index is 0.0200. The molecule has 41 heavy (non-hydrogen) atoms. The molecule has 3 aromatic rings. The maximum absolute atomic E-state index is 13.7. The summed E-state index contributed by atoms with van der Waals surface area (Å²) in [6.45, 7) is 6.37. The third-order valence-electron chi connectivity index (χ3n) is 7.04. The number of aliphatic hydroxyl groups is 1. The zero-order valence-electron chi connectivity index (χ0n) is 23.4. The van der Waals surface area contributed by atoms with E-state index in [1.165, 1.54) is 60.4 Å². The first-order valence-corrected chi connectivity index (χ1v) is 15.9. The van der Waals surface area contributed by atoms with Gasteiger partial charge >= 0.3 is 0 Å². The number of aromatic nitrogens is 1. The fourth-order valence-corrected chi connectivity index (χ4v) is 7.28. The molecule has 12 nitrogen and oxygen atoms in total. The van der Waals surface area contributed by atoms with Crippen molar-refractivity contribution in [2.75, 3.05) is 31.5 Å². The molecule has 0 radical (unpaired) electrons. The van der Waals surface area contributed by atoms with Crippen LogP contribution in [-0.2, 0) is 20.0 Å². The van der Waals surface area contributed by atoms with E-state index in [1.807, 2.05) is 6.92 Å². The lowest BCUT2D eigenvalue weighted by atomic mass is 9.99. The maximum atomic E-state index is 13.7. The first kappa shape index (κ1) is 30.5. The Morgan fingerprint density at radius 1 is 1.15 bits per heavy atom. The molecule has 4 rings (SSSR count). The lowest BCUT2D eigenvalue weighted by Gasteiger charge is -2.38. The van der Waals surface area contributed by atoms with Crippen molar-refractivity contribution in [1.82, 2.24) is 14.4 Å². The molecule has 1 aromatic heterocycles. The fraction of sp³-hybridized carbons (Fsp3) is 0.407. The van der Waals surface area contributed by atoms with Gasteiger partial charge < -0.3 is 19.3 Å². The summed E-state index contributed by atoms with van der Waals surface area (Å²) in [4.78, 5) is 15.2. The Morgan fingerprint density at radius 2 is 1.83 bits per heavy atom. The van der Waals surface area contributed by atoms with Crippen LogP contribution < -0.4 is 9.46 Å². The van der Waals surface area contributed by atoms with E-state index in [0.717, 1.165) is 0 Å². The van der Waals surface area contributed by atoms with Gasteiger partial charge in [0.25, 0.3) is 15.9 Å². The molecular weight excluding hydrogens is 572 g/mol. The van der Waals surface area contributed by atoms with Crippen molar-refractivity contribution >= 4 is 31.6 Å². The Bertz CT molecular complexity index is 1600. The van der Waals surface area contributed by atoms with Crippen LogP contribution in [0.5, 0.6) is 5.75 Å². The number of amides is 1. The van der Waals surface area contributed by atoms with E-state index < -0.39 is 38.1 Å². The molecule has 0 spiro atoms. The molecule has 0 fully saturated rings. The highest BCUT2D eigenvalue weighted by Gasteiger charge is 2.35. The predicted molar refractivity (Wildman–Crippen MR) is 151 cm³/mol. The number of carbonyl (C=O) groups excluding carboxylic acids is 1. The van der Waals surface area contributed by atoms with E-state index in [4.69, 9.17) is 9.26 Å². The van der Waals surface area contributed by atoms with Gasteiger partial charge in [0.15, 0.2) is 10.7 Å². The molecule has 1 aliphatic heterocycles. The van der Waals surface area contributed by atoms with Gasteiger partial charge in [0, 0.05) is 25.2 Å². The number of aryl methyl sites for hydroxylation is 2. The summed E-state index contributed by atoms with van der Waals surface area (Å²) in [6.07, 6.45) is -0.677. The van der Waals surface area contributed by atoms with E-state index in [-0.39, 0.29) is 63.9 Å². The number of hydrogen-bond donors (Lipinski definition) is 2. The van der Waals surface area contributed by atoms with Crippen molar-refractivity contribution in [2.45, 2.75) is 49.6 Å². The number of hydrogen-bond acceptors (Lipinski definition) is 9. The lowest BCUT2D eigenvalue weighted by Crippen LogP contribution is -2.50. The summed E-state index contributed by atoms with van der Waals surface area (Å²) in [5.41, 5.74) is 0.357. The van der Waals surface area contributed by atoms with Gasteiger partial charge in [0.05, 0.1) is 29.7 Å². The van der Waals surface area contributed by atoms with Gasteiger partial charge in [0.2, 0.25) is 10.0 Å². The molecule has 0 saturated heterocycles. The largest absolute Gasteiger partial charge is 0.488 e. The number of nitrogens with one attached hydrogen (secondary N) is 1. The molecule has 0 unspecified atom stereocenters. The zero-order valence-corrected chi connectivity index (χ0v) is 25.1. The van der Waals surface area contributed by atoms with Gasteiger partial charge in [-0.3, -0.25) is 9.52 Å². The third-order valence-corrected chi connectivity index (χ3v) is 10.5. The lowest BCUT2D eigenvalue weighted by molar-refractivity contribution is 0.0387. The second-order valence-corrected chi connectivity index (χ2v) is 13.9. The van der Waals surface area contributed by atoms with Crippen molar-refractivity contribution in [2.24, 2.45) is 5.92 Å². The number of carbonyl (C=O) groups is 1. The Hall–Kier alpha value is -3.46. The van der Waals surface area contributed by atoms with Gasteiger partial charge in [-0.05, 0) is 51.1 Å². The van der Waals surface area contributed by atoms with Crippen molar-refractivity contribution in [3.05, 3.63) is 65.5 Å². The van der Waals surface area contributed by atoms with Crippen LogP contribution in [-0.4, -0.2) is 81.1 Å². The highest BCUT2D eigenvalue weighted by atomic mass is 32.2. The van der Waals surface area contributed by atoms with Crippen LogP contribution in [0.1, 0.15) is 35.7 Å². The second kappa shape index (κ2) is 11.8. The first-order valence-electron chi connectivity index (χ1n) is 13.0. The fourth-order valence-electron chi connectivity index (χ4n) is 4.69. The molecule has 0 bridgehead atoms. The Kier molecular flexibility index (Phi) is 8.78. The summed E-state index contributed by atoms with van der Waals surface area (Å²) < 4.78 is 67.5. The summed E-state index contributed by atoms with van der Waals surface area (Å²) in [5, 5.41) is 13.6. The number of sulfonamides is 2. The molecule has 2 N–H and O–H groups in total. The average molecular weight is 607 g/mol. The number of ether oxygens (including phenoxy) is 1. The van der Waals surface area contributed by atoms with E-state index in [1.54, 1.807) is 25.1 Å². The van der Waals surface area contributed by atoms with E-state index in [2.05, 4.69) is 9.88 Å². The third kappa shape index (κ3) is 6.25. The van der Waals surface area contributed by atoms with Crippen LogP contribution >= 0.6 is 0 Å². The molecule has 3 atom stereocenters. The highest BCUT2D eigenvalue weighted by molar-refractivity contribution is 7.92. The predicted octanol–water partition coefficient (Wildman–Crippen LogP) is 2.63. The standard InChI is InChI=1S/C27H34N4O8S2/c1-17-14-31(18(2)16-32)27(33)23-13-21(29-40(34,35)26-19(3)28-39-20(26)4)11-12-24(23)38-25(17)15-30(5)41(36,37)22-9-7-6-8-10-22/h6-13,17-18,25,29,32H,14-16H2,1-5H3/t17-,18-,25-/m0/s1. The number of anilines is 1. The van der Waals surface area contributed by atoms with Gasteiger partial charge in [-0.25, -0.2) is 16.8 Å². The number of nitrogens with zero attached hydrogens (tertiary/aromatic N) is 3. The molecule has 2 aromatic carbocycles. The molecule has 0 saturated carbocycles. The van der Waals surface area contributed by atoms with E-state index in [0.29, 0.717) is 0 Å². The summed E-state index contributed by atoms with van der Waals surface area (Å²) in [5.74, 6) is -0.509. The Morgan fingerprint density at radius 3 is 2.44 bits per heavy atom. The molecule has 1 aliphatic rings. The molecule has 222 valence electrons. The van der Waals surface area contributed by atoms with Crippen molar-refractivity contribution in [3.8, 4) is 5.75 Å². The van der Waals surface area contributed by atoms with E-state index in [9.17, 15) is 26.7 Å². The smallest absolute Gasteiger partial charge is 0.267 e. The first-order chi connectivity index (χ1) is 19.3. The van der Waals surface area contributed by atoms with Crippen LogP contribution in [0.25, 0.3) is 0 Å². The molecule has 1 amide bonds. The molecule has 2 heterocycles. The summed E-state index contributed by atoms with van der Waals surface area (Å²) in [6, 6.07) is 11.8. The minimum atomic E-state index is -4.09. The van der Waals surface area contributed by atoms with Crippen LogP contribution in [0.15, 0.2) is 62.8 Å². The average Bonchev–Trinajstić information content (AvgIpc) is 3.29. The van der Waals surface area contributed by atoms with Crippen molar-refractivity contribution < 1.29 is 36.0 Å². The van der Waals surface area contributed by atoms with Crippen molar-refractivity contribution in [1.29, 1.82) is 0 Å². The minimum Gasteiger partial charge on any atom is -0.488 e. The normalized spacial score (nSPS) is 18.8. The van der Waals surface area contributed by atoms with Crippen LogP contribution in [0, 0.1) is 19.8 Å². The highest BCUT2D eigenvalue weighted by Crippen LogP contribution is 2.32. The SMILES string of the molecule is Cc1noc(C)c1S(=O)(=O)Nc1ccc2c(c1)C(=O)N([C@@H](C)CO)C[C@H](C)[C@H](CN(C)S(=O)(=O)c1ccccc1)O2. The maximum Gasteiger partial charge on any atom is 0.267 e. The summed E-state index contributed by atoms with van der Waals surface area (Å²) >= 11 is 0. The second-order valence-electron chi connectivity index (χ2n) is 10.2. The van der Waals surface area contributed by atoms with Crippen LogP contribution in [0.4, 0.5) is 5.69 Å².